The minimum Gasteiger partial charge on any atom is -0.352 e. The summed E-state index contributed by atoms with van der Waals surface area (Å²) in [5, 5.41) is 6.42. The molecule has 1 amide bonds. The molecule has 1 saturated carbocycles. The Hall–Kier alpha value is -0.610. The normalized spacial score (nSPS) is 24.8. The topological polar surface area (TPSA) is 44.4 Å². The number of hydrogen-bond donors (Lipinski definition) is 2. The van der Waals surface area contributed by atoms with Crippen LogP contribution >= 0.6 is 0 Å². The van der Waals surface area contributed by atoms with E-state index in [1.54, 1.807) is 0 Å². The SMILES string of the molecule is CC(NC(=O)CN1CCNCC1)C1CCC1. The van der Waals surface area contributed by atoms with Crippen molar-refractivity contribution in [3.05, 3.63) is 0 Å². The molecule has 0 aromatic heterocycles. The van der Waals surface area contributed by atoms with Crippen LogP contribution in [0, 0.1) is 5.92 Å². The molecule has 0 bridgehead atoms. The molecular formula is C12H23N3O. The van der Waals surface area contributed by atoms with E-state index < -0.39 is 0 Å². The maximum atomic E-state index is 11.8. The Kier molecular flexibility index (Phi) is 4.18. The van der Waals surface area contributed by atoms with Gasteiger partial charge in [0.05, 0.1) is 6.54 Å². The average molecular weight is 225 g/mol. The van der Waals surface area contributed by atoms with Crippen molar-refractivity contribution in [3.8, 4) is 0 Å². The zero-order valence-electron chi connectivity index (χ0n) is 10.2. The first kappa shape index (κ1) is 11.9. The molecule has 0 aromatic carbocycles. The number of nitrogens with one attached hydrogen (secondary N) is 2. The second-order valence-electron chi connectivity index (χ2n) is 5.07. The number of piperazine rings is 1. The molecule has 16 heavy (non-hydrogen) atoms. The summed E-state index contributed by atoms with van der Waals surface area (Å²) in [5.41, 5.74) is 0. The molecule has 1 saturated heterocycles. The van der Waals surface area contributed by atoms with Crippen molar-refractivity contribution in [3.63, 3.8) is 0 Å². The van der Waals surface area contributed by atoms with Gasteiger partial charge in [-0.05, 0) is 25.7 Å². The van der Waals surface area contributed by atoms with Crippen LogP contribution < -0.4 is 10.6 Å². The van der Waals surface area contributed by atoms with Crippen molar-refractivity contribution in [1.82, 2.24) is 15.5 Å². The highest BCUT2D eigenvalue weighted by Gasteiger charge is 2.25. The molecule has 4 heteroatoms. The molecule has 2 N–H and O–H groups in total. The van der Waals surface area contributed by atoms with E-state index >= 15 is 0 Å². The van der Waals surface area contributed by atoms with Crippen LogP contribution in [0.2, 0.25) is 0 Å². The van der Waals surface area contributed by atoms with Crippen LogP contribution in [0.5, 0.6) is 0 Å². The summed E-state index contributed by atoms with van der Waals surface area (Å²) in [6, 6.07) is 0.365. The van der Waals surface area contributed by atoms with E-state index in [4.69, 9.17) is 0 Å². The van der Waals surface area contributed by atoms with Crippen LogP contribution in [0.1, 0.15) is 26.2 Å². The minimum atomic E-state index is 0.196. The van der Waals surface area contributed by atoms with Gasteiger partial charge in [-0.15, -0.1) is 0 Å². The van der Waals surface area contributed by atoms with Crippen LogP contribution in [0.15, 0.2) is 0 Å². The molecule has 92 valence electrons. The van der Waals surface area contributed by atoms with Gasteiger partial charge in [-0.3, -0.25) is 9.69 Å². The fraction of sp³-hybridized carbons (Fsp3) is 0.917. The summed E-state index contributed by atoms with van der Waals surface area (Å²) in [7, 11) is 0. The summed E-state index contributed by atoms with van der Waals surface area (Å²) in [6.45, 7) is 6.70. The Bertz CT molecular complexity index is 228. The second kappa shape index (κ2) is 5.64. The predicted octanol–water partition coefficient (Wildman–Crippen LogP) is 0.196. The number of nitrogens with zero attached hydrogens (tertiary/aromatic N) is 1. The number of hydrogen-bond acceptors (Lipinski definition) is 3. The van der Waals surface area contributed by atoms with E-state index in [2.05, 4.69) is 22.5 Å². The summed E-state index contributed by atoms with van der Waals surface area (Å²) >= 11 is 0. The molecule has 1 unspecified atom stereocenters. The molecule has 2 rings (SSSR count). The van der Waals surface area contributed by atoms with Crippen molar-refractivity contribution in [2.24, 2.45) is 5.92 Å². The first-order valence-corrected chi connectivity index (χ1v) is 6.48. The van der Waals surface area contributed by atoms with Crippen LogP contribution in [0.25, 0.3) is 0 Å². The van der Waals surface area contributed by atoms with E-state index in [9.17, 15) is 4.79 Å². The quantitative estimate of drug-likeness (QED) is 0.718. The molecular weight excluding hydrogens is 202 g/mol. The van der Waals surface area contributed by atoms with Crippen molar-refractivity contribution in [2.45, 2.75) is 32.2 Å². The van der Waals surface area contributed by atoms with E-state index in [0.717, 1.165) is 32.1 Å². The lowest BCUT2D eigenvalue weighted by Gasteiger charge is -2.33. The van der Waals surface area contributed by atoms with Crippen LogP contribution in [0.3, 0.4) is 0 Å². The number of amides is 1. The van der Waals surface area contributed by atoms with E-state index in [-0.39, 0.29) is 5.91 Å². The maximum Gasteiger partial charge on any atom is 0.234 e. The molecule has 0 spiro atoms. The molecule has 2 aliphatic rings. The monoisotopic (exact) mass is 225 g/mol. The highest BCUT2D eigenvalue weighted by molar-refractivity contribution is 5.78. The summed E-state index contributed by atoms with van der Waals surface area (Å²) < 4.78 is 0. The summed E-state index contributed by atoms with van der Waals surface area (Å²) in [5.74, 6) is 0.924. The molecule has 1 aliphatic carbocycles. The zero-order chi connectivity index (χ0) is 11.4. The highest BCUT2D eigenvalue weighted by atomic mass is 16.2. The van der Waals surface area contributed by atoms with Gasteiger partial charge in [0.25, 0.3) is 0 Å². The third-order valence-electron chi connectivity index (χ3n) is 3.82. The Morgan fingerprint density at radius 3 is 2.69 bits per heavy atom. The van der Waals surface area contributed by atoms with Gasteiger partial charge in [-0.1, -0.05) is 6.42 Å². The lowest BCUT2D eigenvalue weighted by Crippen LogP contribution is -2.50. The van der Waals surface area contributed by atoms with Crippen molar-refractivity contribution in [2.75, 3.05) is 32.7 Å². The summed E-state index contributed by atoms with van der Waals surface area (Å²) in [6.07, 6.45) is 3.91. The van der Waals surface area contributed by atoms with Gasteiger partial charge >= 0.3 is 0 Å². The van der Waals surface area contributed by atoms with E-state index in [1.165, 1.54) is 19.3 Å². The number of rotatable bonds is 4. The zero-order valence-corrected chi connectivity index (χ0v) is 10.2. The van der Waals surface area contributed by atoms with Crippen molar-refractivity contribution < 1.29 is 4.79 Å². The number of carbonyl (C=O) groups excluding carboxylic acids is 1. The molecule has 1 aliphatic heterocycles. The fourth-order valence-corrected chi connectivity index (χ4v) is 2.43. The molecule has 2 fully saturated rings. The van der Waals surface area contributed by atoms with Gasteiger partial charge in [0.15, 0.2) is 0 Å². The number of carbonyl (C=O) groups is 1. The van der Waals surface area contributed by atoms with Gasteiger partial charge in [-0.25, -0.2) is 0 Å². The largest absolute Gasteiger partial charge is 0.352 e. The Morgan fingerprint density at radius 1 is 1.44 bits per heavy atom. The third-order valence-corrected chi connectivity index (χ3v) is 3.82. The van der Waals surface area contributed by atoms with Crippen LogP contribution in [-0.4, -0.2) is 49.6 Å². The minimum absolute atomic E-state index is 0.196. The Morgan fingerprint density at radius 2 is 2.12 bits per heavy atom. The van der Waals surface area contributed by atoms with Gasteiger partial charge in [0, 0.05) is 32.2 Å². The maximum absolute atomic E-state index is 11.8. The fourth-order valence-electron chi connectivity index (χ4n) is 2.43. The van der Waals surface area contributed by atoms with Crippen LogP contribution in [0.4, 0.5) is 0 Å². The standard InChI is InChI=1S/C12H23N3O/c1-10(11-3-2-4-11)14-12(16)9-15-7-5-13-6-8-15/h10-11,13H,2-9H2,1H3,(H,14,16). The molecule has 0 aromatic rings. The Labute approximate surface area is 97.8 Å². The van der Waals surface area contributed by atoms with Gasteiger partial charge < -0.3 is 10.6 Å². The average Bonchev–Trinajstić information content (AvgIpc) is 2.15. The van der Waals surface area contributed by atoms with Crippen molar-refractivity contribution in [1.29, 1.82) is 0 Å². The first-order valence-electron chi connectivity index (χ1n) is 6.48. The van der Waals surface area contributed by atoms with Gasteiger partial charge in [0.1, 0.15) is 0 Å². The summed E-state index contributed by atoms with van der Waals surface area (Å²) in [4.78, 5) is 14.0. The van der Waals surface area contributed by atoms with Gasteiger partial charge in [0.2, 0.25) is 5.91 Å². The van der Waals surface area contributed by atoms with E-state index in [1.807, 2.05) is 0 Å². The second-order valence-corrected chi connectivity index (χ2v) is 5.07. The van der Waals surface area contributed by atoms with Crippen molar-refractivity contribution >= 4 is 5.91 Å². The van der Waals surface area contributed by atoms with E-state index in [0.29, 0.717) is 12.6 Å². The molecule has 1 atom stereocenters. The smallest absolute Gasteiger partial charge is 0.234 e. The van der Waals surface area contributed by atoms with Gasteiger partial charge in [-0.2, -0.15) is 0 Å². The molecule has 1 heterocycles. The Balaban J connectivity index is 1.66. The first-order chi connectivity index (χ1) is 7.75. The molecule has 4 nitrogen and oxygen atoms in total. The highest BCUT2D eigenvalue weighted by Crippen LogP contribution is 2.29. The lowest BCUT2D eigenvalue weighted by atomic mass is 9.80. The predicted molar refractivity (Wildman–Crippen MR) is 64.3 cm³/mol. The lowest BCUT2D eigenvalue weighted by molar-refractivity contribution is -0.123. The third kappa shape index (κ3) is 3.19. The van der Waals surface area contributed by atoms with Crippen LogP contribution in [-0.2, 0) is 4.79 Å². The molecule has 0 radical (unpaired) electrons.